The number of esters is 1. The number of methoxy groups -OCH3 is 1. The van der Waals surface area contributed by atoms with E-state index in [1.54, 1.807) is 12.1 Å². The monoisotopic (exact) mass is 472 g/mol. The molecule has 0 radical (unpaired) electrons. The quantitative estimate of drug-likeness (QED) is 0.296. The molecule has 2 aromatic rings. The van der Waals surface area contributed by atoms with E-state index in [1.165, 1.54) is 30.3 Å². The van der Waals surface area contributed by atoms with Gasteiger partial charge in [0, 0.05) is 11.8 Å². The molecule has 0 spiro atoms. The predicted octanol–water partition coefficient (Wildman–Crippen LogP) is 4.59. The number of hydrogen-bond acceptors (Lipinski definition) is 6. The highest BCUT2D eigenvalue weighted by atomic mass is 16.5. The van der Waals surface area contributed by atoms with Crippen LogP contribution in [0.5, 0.6) is 0 Å². The largest absolute Gasteiger partial charge is 0.507 e. The molecule has 4 rings (SSSR count). The normalized spacial score (nSPS) is 21.4. The number of pyridine rings is 1. The summed E-state index contributed by atoms with van der Waals surface area (Å²) in [6.45, 7) is 6.21. The second-order valence-electron chi connectivity index (χ2n) is 9.14. The van der Waals surface area contributed by atoms with E-state index < -0.39 is 23.7 Å². The number of aromatic nitrogens is 1. The Morgan fingerprint density at radius 3 is 2.34 bits per heavy atom. The summed E-state index contributed by atoms with van der Waals surface area (Å²) < 4.78 is 4.72. The zero-order valence-corrected chi connectivity index (χ0v) is 20.2. The molecule has 2 aliphatic rings. The van der Waals surface area contributed by atoms with Crippen molar-refractivity contribution in [2.45, 2.75) is 33.2 Å². The van der Waals surface area contributed by atoms with Gasteiger partial charge in [-0.05, 0) is 42.9 Å². The fourth-order valence-corrected chi connectivity index (χ4v) is 4.37. The summed E-state index contributed by atoms with van der Waals surface area (Å²) in [5.74, 6) is -1.38. The Bertz CT molecular complexity index is 1250. The number of Topliss-reactive ketones (excluding diaryl/α,β-unsaturated/α-hetero) is 1. The number of aryl methyl sites for hydroxylation is 1. The SMILES string of the molecule is COC(=O)c1ccc(N2C(=O)C(=O)C(=C(O)c3ccc(C)cc3)C2C2=CCC(C(C)C)C=C2)nc1. The topological polar surface area (TPSA) is 96.8 Å². The van der Waals surface area contributed by atoms with Crippen LogP contribution in [0, 0.1) is 18.8 Å². The van der Waals surface area contributed by atoms with Crippen molar-refractivity contribution in [1.82, 2.24) is 4.98 Å². The third-order valence-corrected chi connectivity index (χ3v) is 6.52. The molecule has 1 aliphatic carbocycles. The van der Waals surface area contributed by atoms with Crippen LogP contribution < -0.4 is 4.90 Å². The zero-order chi connectivity index (χ0) is 25.3. The highest BCUT2D eigenvalue weighted by Crippen LogP contribution is 2.38. The van der Waals surface area contributed by atoms with E-state index in [0.717, 1.165) is 17.6 Å². The number of carbonyl (C=O) groups is 3. The second-order valence-corrected chi connectivity index (χ2v) is 9.14. The first-order valence-electron chi connectivity index (χ1n) is 11.5. The lowest BCUT2D eigenvalue weighted by Crippen LogP contribution is -2.36. The average Bonchev–Trinajstić information content (AvgIpc) is 3.14. The molecule has 180 valence electrons. The van der Waals surface area contributed by atoms with Gasteiger partial charge in [0.05, 0.1) is 24.3 Å². The van der Waals surface area contributed by atoms with Crippen LogP contribution in [0.1, 0.15) is 41.8 Å². The van der Waals surface area contributed by atoms with E-state index in [0.29, 0.717) is 17.4 Å². The van der Waals surface area contributed by atoms with E-state index in [-0.39, 0.29) is 22.7 Å². The molecule has 1 aromatic carbocycles. The molecule has 2 heterocycles. The Labute approximate surface area is 204 Å². The maximum Gasteiger partial charge on any atom is 0.339 e. The van der Waals surface area contributed by atoms with Gasteiger partial charge in [0.15, 0.2) is 0 Å². The van der Waals surface area contributed by atoms with Gasteiger partial charge < -0.3 is 9.84 Å². The number of anilines is 1. The molecule has 1 saturated heterocycles. The number of carbonyl (C=O) groups excluding carboxylic acids is 3. The van der Waals surface area contributed by atoms with Crippen molar-refractivity contribution in [3.8, 4) is 0 Å². The zero-order valence-electron chi connectivity index (χ0n) is 20.2. The lowest BCUT2D eigenvalue weighted by atomic mass is 9.84. The molecule has 1 N–H and O–H groups in total. The van der Waals surface area contributed by atoms with Gasteiger partial charge in [-0.1, -0.05) is 61.9 Å². The number of ketones is 1. The number of rotatable bonds is 5. The van der Waals surface area contributed by atoms with Crippen LogP contribution in [0.4, 0.5) is 5.82 Å². The van der Waals surface area contributed by atoms with Gasteiger partial charge in [-0.3, -0.25) is 14.5 Å². The first kappa shape index (κ1) is 24.1. The number of ether oxygens (including phenoxy) is 1. The van der Waals surface area contributed by atoms with Gasteiger partial charge in [-0.15, -0.1) is 0 Å². The van der Waals surface area contributed by atoms with Crippen LogP contribution in [-0.4, -0.2) is 40.9 Å². The third-order valence-electron chi connectivity index (χ3n) is 6.52. The van der Waals surface area contributed by atoms with E-state index >= 15 is 0 Å². The van der Waals surface area contributed by atoms with Crippen molar-refractivity contribution < 1.29 is 24.2 Å². The first-order valence-corrected chi connectivity index (χ1v) is 11.5. The van der Waals surface area contributed by atoms with Gasteiger partial charge in [-0.2, -0.15) is 0 Å². The van der Waals surface area contributed by atoms with Crippen LogP contribution in [0.15, 0.2) is 72.0 Å². The van der Waals surface area contributed by atoms with E-state index in [2.05, 4.69) is 24.9 Å². The molecule has 35 heavy (non-hydrogen) atoms. The molecular weight excluding hydrogens is 444 g/mol. The summed E-state index contributed by atoms with van der Waals surface area (Å²) in [5.41, 5.74) is 2.42. The molecule has 0 saturated carbocycles. The summed E-state index contributed by atoms with van der Waals surface area (Å²) in [6.07, 6.45) is 8.07. The summed E-state index contributed by atoms with van der Waals surface area (Å²) >= 11 is 0. The smallest absolute Gasteiger partial charge is 0.339 e. The lowest BCUT2D eigenvalue weighted by Gasteiger charge is -2.28. The number of aliphatic hydroxyl groups excluding tert-OH is 1. The lowest BCUT2D eigenvalue weighted by molar-refractivity contribution is -0.132. The molecule has 1 amide bonds. The standard InChI is InChI=1S/C28H28N2O5/c1-16(2)18-9-11-19(12-10-18)24-23(25(31)20-7-5-17(3)6-8-20)26(32)27(33)30(24)22-14-13-21(15-29-22)28(34)35-4/h5-9,11-16,18,24,31H,10H2,1-4H3. The van der Waals surface area contributed by atoms with Gasteiger partial charge in [-0.25, -0.2) is 9.78 Å². The Morgan fingerprint density at radius 2 is 1.80 bits per heavy atom. The van der Waals surface area contributed by atoms with Crippen LogP contribution in [0.3, 0.4) is 0 Å². The fraction of sp³-hybridized carbons (Fsp3) is 0.286. The van der Waals surface area contributed by atoms with Crippen LogP contribution in [0.25, 0.3) is 5.76 Å². The van der Waals surface area contributed by atoms with Gasteiger partial charge in [0.25, 0.3) is 5.78 Å². The number of benzene rings is 1. The van der Waals surface area contributed by atoms with Crippen LogP contribution >= 0.6 is 0 Å². The van der Waals surface area contributed by atoms with Gasteiger partial charge >= 0.3 is 11.9 Å². The Morgan fingerprint density at radius 1 is 1.11 bits per heavy atom. The molecule has 2 atom stereocenters. The molecule has 1 aliphatic heterocycles. The maximum atomic E-state index is 13.3. The highest BCUT2D eigenvalue weighted by Gasteiger charge is 2.48. The van der Waals surface area contributed by atoms with E-state index in [1.807, 2.05) is 31.2 Å². The minimum atomic E-state index is -0.850. The Balaban J connectivity index is 1.84. The maximum absolute atomic E-state index is 13.3. The summed E-state index contributed by atoms with van der Waals surface area (Å²) in [6, 6.07) is 9.25. The molecule has 2 unspecified atom stereocenters. The molecule has 7 heteroatoms. The van der Waals surface area contributed by atoms with Gasteiger partial charge in [0.2, 0.25) is 0 Å². The number of nitrogens with zero attached hydrogens (tertiary/aromatic N) is 2. The summed E-state index contributed by atoms with van der Waals surface area (Å²) in [4.78, 5) is 43.9. The molecule has 7 nitrogen and oxygen atoms in total. The second kappa shape index (κ2) is 9.70. The fourth-order valence-electron chi connectivity index (χ4n) is 4.37. The number of allylic oxidation sites excluding steroid dienone is 2. The van der Waals surface area contributed by atoms with Crippen molar-refractivity contribution in [2.75, 3.05) is 12.0 Å². The van der Waals surface area contributed by atoms with Crippen molar-refractivity contribution in [1.29, 1.82) is 0 Å². The summed E-state index contributed by atoms with van der Waals surface area (Å²) in [5, 5.41) is 11.2. The molecular formula is C28H28N2O5. The third kappa shape index (κ3) is 4.54. The number of aliphatic hydroxyl groups is 1. The highest BCUT2D eigenvalue weighted by molar-refractivity contribution is 6.52. The minimum Gasteiger partial charge on any atom is -0.507 e. The average molecular weight is 473 g/mol. The Kier molecular flexibility index (Phi) is 6.69. The van der Waals surface area contributed by atoms with Crippen molar-refractivity contribution in [3.05, 3.63) is 88.7 Å². The first-order chi connectivity index (χ1) is 16.7. The number of amides is 1. The van der Waals surface area contributed by atoms with E-state index in [9.17, 15) is 19.5 Å². The van der Waals surface area contributed by atoms with E-state index in [4.69, 9.17) is 4.74 Å². The minimum absolute atomic E-state index is 0.0107. The van der Waals surface area contributed by atoms with Crippen molar-refractivity contribution in [2.24, 2.45) is 11.8 Å². The van der Waals surface area contributed by atoms with Crippen LogP contribution in [0.2, 0.25) is 0 Å². The molecule has 0 bridgehead atoms. The molecule has 1 aromatic heterocycles. The summed E-state index contributed by atoms with van der Waals surface area (Å²) in [7, 11) is 1.27. The number of hydrogen-bond donors (Lipinski definition) is 1. The van der Waals surface area contributed by atoms with Crippen LogP contribution in [-0.2, 0) is 14.3 Å². The van der Waals surface area contributed by atoms with Crippen molar-refractivity contribution in [3.63, 3.8) is 0 Å². The molecule has 1 fully saturated rings. The Hall–Kier alpha value is -4.00. The van der Waals surface area contributed by atoms with Crippen molar-refractivity contribution >= 4 is 29.2 Å². The predicted molar refractivity (Wildman–Crippen MR) is 133 cm³/mol. The van der Waals surface area contributed by atoms with Gasteiger partial charge in [0.1, 0.15) is 11.6 Å².